The summed E-state index contributed by atoms with van der Waals surface area (Å²) in [5, 5.41) is 10.9. The van der Waals surface area contributed by atoms with Crippen LogP contribution in [0.1, 0.15) is 13.8 Å². The molecule has 0 aliphatic carbocycles. The van der Waals surface area contributed by atoms with Gasteiger partial charge in [0.25, 0.3) is 0 Å². The molecule has 1 aromatic carbocycles. The molecule has 1 amide bonds. The third-order valence-electron chi connectivity index (χ3n) is 3.03. The van der Waals surface area contributed by atoms with E-state index in [1.54, 1.807) is 0 Å². The molecule has 0 aliphatic heterocycles. The summed E-state index contributed by atoms with van der Waals surface area (Å²) in [5.74, 6) is 0.209. The highest BCUT2D eigenvalue weighted by Crippen LogP contribution is 2.23. The molecule has 6 nitrogen and oxygen atoms in total. The molecule has 22 heavy (non-hydrogen) atoms. The normalized spacial score (nSPS) is 10.5. The molecule has 0 atom stereocenters. The Morgan fingerprint density at radius 3 is 2.50 bits per heavy atom. The fourth-order valence-corrected chi connectivity index (χ4v) is 3.38. The number of thioether (sulfide) groups is 1. The maximum Gasteiger partial charge on any atom is 0.234 e. The van der Waals surface area contributed by atoms with Gasteiger partial charge >= 0.3 is 0 Å². The Morgan fingerprint density at radius 1 is 1.27 bits per heavy atom. The quantitative estimate of drug-likeness (QED) is 0.756. The second-order valence-electron chi connectivity index (χ2n) is 4.46. The summed E-state index contributed by atoms with van der Waals surface area (Å²) in [5.41, 5.74) is 7.44. The summed E-state index contributed by atoms with van der Waals surface area (Å²) in [6.45, 7) is 6.17. The zero-order valence-electron chi connectivity index (χ0n) is 12.6. The highest BCUT2D eigenvalue weighted by atomic mass is 32.2. The van der Waals surface area contributed by atoms with E-state index < -0.39 is 0 Å². The number of nitrogens with one attached hydrogen (secondary N) is 1. The van der Waals surface area contributed by atoms with Gasteiger partial charge in [0.15, 0.2) is 4.34 Å². The molecule has 118 valence electrons. The van der Waals surface area contributed by atoms with Crippen LogP contribution in [0.2, 0.25) is 0 Å². The molecule has 2 rings (SSSR count). The minimum atomic E-state index is -0.0747. The lowest BCUT2D eigenvalue weighted by molar-refractivity contribution is -0.113. The predicted molar refractivity (Wildman–Crippen MR) is 93.7 cm³/mol. The maximum absolute atomic E-state index is 11.9. The van der Waals surface area contributed by atoms with Crippen molar-refractivity contribution in [3.05, 3.63) is 24.3 Å². The Balaban J connectivity index is 1.86. The van der Waals surface area contributed by atoms with Crippen molar-refractivity contribution in [3.63, 3.8) is 0 Å². The van der Waals surface area contributed by atoms with Crippen LogP contribution >= 0.6 is 23.1 Å². The van der Waals surface area contributed by atoms with Gasteiger partial charge in [-0.15, -0.1) is 10.2 Å². The van der Waals surface area contributed by atoms with Crippen LogP contribution in [-0.4, -0.2) is 34.9 Å². The largest absolute Gasteiger partial charge is 0.374 e. The van der Waals surface area contributed by atoms with Crippen LogP contribution in [0.25, 0.3) is 0 Å². The van der Waals surface area contributed by atoms with Crippen molar-refractivity contribution in [1.29, 1.82) is 0 Å². The van der Waals surface area contributed by atoms with Crippen molar-refractivity contribution < 1.29 is 4.79 Å². The van der Waals surface area contributed by atoms with Crippen molar-refractivity contribution in [2.24, 2.45) is 0 Å². The standard InChI is InChI=1S/C14H19N5OS2/c1-3-19(4-2)11-7-5-10(6-8-11)16-12(20)9-21-14-18-17-13(15)22-14/h5-8H,3-4,9H2,1-2H3,(H2,15,17)(H,16,20). The molecular formula is C14H19N5OS2. The van der Waals surface area contributed by atoms with Gasteiger partial charge in [-0.05, 0) is 38.1 Å². The van der Waals surface area contributed by atoms with Gasteiger partial charge in [0.05, 0.1) is 5.75 Å². The van der Waals surface area contributed by atoms with E-state index in [2.05, 4.69) is 34.3 Å². The van der Waals surface area contributed by atoms with Crippen LogP contribution in [0.15, 0.2) is 28.6 Å². The summed E-state index contributed by atoms with van der Waals surface area (Å²) in [7, 11) is 0. The van der Waals surface area contributed by atoms with Gasteiger partial charge in [-0.25, -0.2) is 0 Å². The number of amides is 1. The number of anilines is 3. The minimum absolute atomic E-state index is 0.0747. The van der Waals surface area contributed by atoms with E-state index in [0.29, 0.717) is 9.47 Å². The molecule has 0 saturated carbocycles. The van der Waals surface area contributed by atoms with Crippen LogP contribution in [0, 0.1) is 0 Å². The number of carbonyl (C=O) groups is 1. The Hall–Kier alpha value is -1.80. The molecular weight excluding hydrogens is 318 g/mol. The van der Waals surface area contributed by atoms with Crippen molar-refractivity contribution in [1.82, 2.24) is 10.2 Å². The van der Waals surface area contributed by atoms with Gasteiger partial charge in [0, 0.05) is 24.5 Å². The fraction of sp³-hybridized carbons (Fsp3) is 0.357. The summed E-state index contributed by atoms with van der Waals surface area (Å²) < 4.78 is 0.699. The number of carbonyl (C=O) groups excluding carboxylic acids is 1. The molecule has 0 saturated heterocycles. The van der Waals surface area contributed by atoms with E-state index in [0.717, 1.165) is 24.5 Å². The number of nitrogen functional groups attached to an aromatic ring is 1. The van der Waals surface area contributed by atoms with Gasteiger partial charge in [-0.1, -0.05) is 23.1 Å². The van der Waals surface area contributed by atoms with Crippen molar-refractivity contribution in [2.45, 2.75) is 18.2 Å². The zero-order chi connectivity index (χ0) is 15.9. The molecule has 0 fully saturated rings. The number of benzene rings is 1. The van der Waals surface area contributed by atoms with E-state index in [-0.39, 0.29) is 11.7 Å². The molecule has 1 aromatic heterocycles. The average Bonchev–Trinajstić information content (AvgIpc) is 2.94. The molecule has 0 aliphatic rings. The number of hydrogen-bond donors (Lipinski definition) is 2. The van der Waals surface area contributed by atoms with Crippen LogP contribution in [0.5, 0.6) is 0 Å². The third kappa shape index (κ3) is 4.60. The zero-order valence-corrected chi connectivity index (χ0v) is 14.2. The first kappa shape index (κ1) is 16.6. The molecule has 0 radical (unpaired) electrons. The van der Waals surface area contributed by atoms with E-state index in [1.807, 2.05) is 24.3 Å². The monoisotopic (exact) mass is 337 g/mol. The number of hydrogen-bond acceptors (Lipinski definition) is 7. The minimum Gasteiger partial charge on any atom is -0.374 e. The lowest BCUT2D eigenvalue weighted by Gasteiger charge is -2.21. The highest BCUT2D eigenvalue weighted by Gasteiger charge is 2.08. The molecule has 3 N–H and O–H groups in total. The van der Waals surface area contributed by atoms with Gasteiger partial charge in [0.2, 0.25) is 11.0 Å². The first-order valence-electron chi connectivity index (χ1n) is 6.99. The maximum atomic E-state index is 11.9. The first-order chi connectivity index (χ1) is 10.6. The molecule has 0 spiro atoms. The van der Waals surface area contributed by atoms with Crippen LogP contribution in [0.3, 0.4) is 0 Å². The van der Waals surface area contributed by atoms with E-state index in [4.69, 9.17) is 5.73 Å². The third-order valence-corrected chi connectivity index (χ3v) is 4.91. The van der Waals surface area contributed by atoms with Crippen LogP contribution < -0.4 is 16.0 Å². The number of rotatable bonds is 7. The summed E-state index contributed by atoms with van der Waals surface area (Å²) in [4.78, 5) is 14.2. The average molecular weight is 337 g/mol. The van der Waals surface area contributed by atoms with Gasteiger partial charge < -0.3 is 16.0 Å². The van der Waals surface area contributed by atoms with Crippen LogP contribution in [-0.2, 0) is 4.79 Å². The Labute approximate surface area is 138 Å². The van der Waals surface area contributed by atoms with E-state index >= 15 is 0 Å². The number of aromatic nitrogens is 2. The lowest BCUT2D eigenvalue weighted by atomic mass is 10.2. The molecule has 1 heterocycles. The summed E-state index contributed by atoms with van der Waals surface area (Å²) >= 11 is 2.61. The smallest absolute Gasteiger partial charge is 0.234 e. The van der Waals surface area contributed by atoms with E-state index in [1.165, 1.54) is 23.1 Å². The SMILES string of the molecule is CCN(CC)c1ccc(NC(=O)CSc2nnc(N)s2)cc1. The second-order valence-corrected chi connectivity index (χ2v) is 6.69. The van der Waals surface area contributed by atoms with Crippen LogP contribution in [0.4, 0.5) is 16.5 Å². The first-order valence-corrected chi connectivity index (χ1v) is 8.79. The molecule has 8 heteroatoms. The van der Waals surface area contributed by atoms with Gasteiger partial charge in [0.1, 0.15) is 0 Å². The highest BCUT2D eigenvalue weighted by molar-refractivity contribution is 8.01. The van der Waals surface area contributed by atoms with Gasteiger partial charge in [-0.3, -0.25) is 4.79 Å². The predicted octanol–water partition coefficient (Wildman–Crippen LogP) is 2.70. The molecule has 0 unspecified atom stereocenters. The Morgan fingerprint density at radius 2 is 1.95 bits per heavy atom. The van der Waals surface area contributed by atoms with E-state index in [9.17, 15) is 4.79 Å². The number of nitrogens with zero attached hydrogens (tertiary/aromatic N) is 3. The fourth-order valence-electron chi connectivity index (χ4n) is 1.95. The second kappa shape index (κ2) is 8.00. The Bertz CT molecular complexity index is 610. The summed E-state index contributed by atoms with van der Waals surface area (Å²) in [6, 6.07) is 7.86. The topological polar surface area (TPSA) is 84.1 Å². The summed E-state index contributed by atoms with van der Waals surface area (Å²) in [6.07, 6.45) is 0. The molecule has 2 aromatic rings. The van der Waals surface area contributed by atoms with Crippen molar-refractivity contribution in [2.75, 3.05) is 34.8 Å². The van der Waals surface area contributed by atoms with Crippen molar-refractivity contribution in [3.8, 4) is 0 Å². The Kier molecular flexibility index (Phi) is 6.02. The van der Waals surface area contributed by atoms with Crippen molar-refractivity contribution >= 4 is 45.5 Å². The number of nitrogens with two attached hydrogens (primary N) is 1. The molecule has 0 bridgehead atoms. The lowest BCUT2D eigenvalue weighted by Crippen LogP contribution is -2.21. The van der Waals surface area contributed by atoms with Gasteiger partial charge in [-0.2, -0.15) is 0 Å².